The molecule has 0 saturated heterocycles. The molecule has 0 aliphatic rings. The molecule has 0 atom stereocenters. The number of nitriles is 1. The minimum atomic E-state index is -1.04. The van der Waals surface area contributed by atoms with Crippen molar-refractivity contribution in [3.8, 4) is 6.07 Å². The summed E-state index contributed by atoms with van der Waals surface area (Å²) in [6.07, 6.45) is 2.13. The van der Waals surface area contributed by atoms with Crippen molar-refractivity contribution in [3.63, 3.8) is 0 Å². The molecule has 0 radical (unpaired) electrons. The van der Waals surface area contributed by atoms with E-state index >= 15 is 0 Å². The summed E-state index contributed by atoms with van der Waals surface area (Å²) < 4.78 is 14.9. The van der Waals surface area contributed by atoms with Crippen LogP contribution in [0.25, 0.3) is 0 Å². The first-order valence-corrected chi connectivity index (χ1v) is 11.8. The normalized spacial score (nSPS) is 11.4. The van der Waals surface area contributed by atoms with Gasteiger partial charge in [-0.3, -0.25) is 4.79 Å². The molecular formula is C26H30ClFN4O2S. The lowest BCUT2D eigenvalue weighted by atomic mass is 9.85. The molecule has 1 N–H and O–H groups in total. The third kappa shape index (κ3) is 6.16. The molecule has 0 fully saturated rings. The Morgan fingerprint density at radius 3 is 2.31 bits per heavy atom. The minimum absolute atomic E-state index is 0.0171. The SMILES string of the molecule is CNC(=O)C(C)(C)CCc1ccc(N(C(=S)N(C)c2ccc(C#N)c(Cl)c2F)C(C)(C)C=O)cc1. The highest BCUT2D eigenvalue weighted by Gasteiger charge is 2.33. The quantitative estimate of drug-likeness (QED) is 0.381. The Morgan fingerprint density at radius 2 is 1.80 bits per heavy atom. The van der Waals surface area contributed by atoms with Gasteiger partial charge in [0.15, 0.2) is 10.9 Å². The minimum Gasteiger partial charge on any atom is -0.359 e. The fraction of sp³-hybridized carbons (Fsp3) is 0.385. The molecule has 0 spiro atoms. The molecule has 0 heterocycles. The second-order valence-corrected chi connectivity index (χ2v) is 10.2. The number of hydrogen-bond donors (Lipinski definition) is 1. The summed E-state index contributed by atoms with van der Waals surface area (Å²) in [7, 11) is 3.20. The van der Waals surface area contributed by atoms with E-state index in [9.17, 15) is 14.0 Å². The molecule has 6 nitrogen and oxygen atoms in total. The number of carbonyl (C=O) groups is 2. The second-order valence-electron chi connectivity index (χ2n) is 9.45. The Kier molecular flexibility index (Phi) is 8.99. The summed E-state index contributed by atoms with van der Waals surface area (Å²) in [5.74, 6) is -0.787. The smallest absolute Gasteiger partial charge is 0.225 e. The Hall–Kier alpha value is -3.02. The number of aldehydes is 1. The zero-order chi connectivity index (χ0) is 26.6. The Morgan fingerprint density at radius 1 is 1.20 bits per heavy atom. The Bertz CT molecular complexity index is 1160. The summed E-state index contributed by atoms with van der Waals surface area (Å²) in [5, 5.41) is 11.7. The number of carbonyl (C=O) groups excluding carboxylic acids is 2. The van der Waals surface area contributed by atoms with Crippen molar-refractivity contribution >= 4 is 52.5 Å². The van der Waals surface area contributed by atoms with Gasteiger partial charge in [-0.2, -0.15) is 5.26 Å². The fourth-order valence-corrected chi connectivity index (χ4v) is 4.24. The van der Waals surface area contributed by atoms with Crippen LogP contribution in [0.5, 0.6) is 0 Å². The molecule has 0 unspecified atom stereocenters. The molecule has 35 heavy (non-hydrogen) atoms. The second kappa shape index (κ2) is 11.1. The number of benzene rings is 2. The molecule has 0 aliphatic carbocycles. The topological polar surface area (TPSA) is 76.4 Å². The molecule has 2 aromatic rings. The molecule has 2 rings (SSSR count). The van der Waals surface area contributed by atoms with Crippen LogP contribution in [0.1, 0.15) is 45.2 Å². The van der Waals surface area contributed by atoms with Gasteiger partial charge in [-0.05, 0) is 68.7 Å². The van der Waals surface area contributed by atoms with Gasteiger partial charge in [0.05, 0.1) is 21.8 Å². The van der Waals surface area contributed by atoms with Crippen molar-refractivity contribution in [2.45, 2.75) is 46.1 Å². The molecule has 0 aliphatic heterocycles. The van der Waals surface area contributed by atoms with Crippen molar-refractivity contribution in [3.05, 3.63) is 58.4 Å². The molecular weight excluding hydrogens is 487 g/mol. The first-order chi connectivity index (χ1) is 16.3. The predicted octanol–water partition coefficient (Wildman–Crippen LogP) is 5.26. The maximum absolute atomic E-state index is 14.9. The molecule has 0 saturated carbocycles. The van der Waals surface area contributed by atoms with Crippen LogP contribution in [0.15, 0.2) is 36.4 Å². The zero-order valence-corrected chi connectivity index (χ0v) is 22.4. The maximum Gasteiger partial charge on any atom is 0.225 e. The fourth-order valence-electron chi connectivity index (χ4n) is 3.60. The van der Waals surface area contributed by atoms with E-state index < -0.39 is 16.8 Å². The van der Waals surface area contributed by atoms with Gasteiger partial charge < -0.3 is 19.9 Å². The molecule has 0 aromatic heterocycles. The summed E-state index contributed by atoms with van der Waals surface area (Å²) >= 11 is 11.7. The van der Waals surface area contributed by atoms with Gasteiger partial charge in [0.1, 0.15) is 12.4 Å². The highest BCUT2D eigenvalue weighted by atomic mass is 35.5. The summed E-state index contributed by atoms with van der Waals surface area (Å²) in [6.45, 7) is 7.22. The lowest BCUT2D eigenvalue weighted by Gasteiger charge is -2.39. The standard InChI is InChI=1S/C26H30ClFN4O2S/c1-25(2,23(34)30-5)14-13-17-7-10-19(11-8-17)32(26(3,4)16-33)24(35)31(6)20-12-9-18(15-29)21(27)22(20)28/h7-12,16H,13-14H2,1-6H3,(H,30,34). The number of nitrogens with one attached hydrogen (secondary N) is 1. The monoisotopic (exact) mass is 516 g/mol. The van der Waals surface area contributed by atoms with Crippen LogP contribution in [0.3, 0.4) is 0 Å². The number of nitrogens with zero attached hydrogens (tertiary/aromatic N) is 3. The van der Waals surface area contributed by atoms with Crippen molar-refractivity contribution in [1.29, 1.82) is 5.26 Å². The first kappa shape index (κ1) is 28.2. The van der Waals surface area contributed by atoms with E-state index in [4.69, 9.17) is 29.1 Å². The van der Waals surface area contributed by atoms with Crippen molar-refractivity contribution in [2.75, 3.05) is 23.9 Å². The van der Waals surface area contributed by atoms with Crippen LogP contribution in [0, 0.1) is 22.6 Å². The van der Waals surface area contributed by atoms with Crippen molar-refractivity contribution in [1.82, 2.24) is 5.32 Å². The van der Waals surface area contributed by atoms with Crippen molar-refractivity contribution in [2.24, 2.45) is 5.41 Å². The number of anilines is 2. The lowest BCUT2D eigenvalue weighted by Crippen LogP contribution is -2.54. The molecule has 0 bridgehead atoms. The molecule has 2 aromatic carbocycles. The van der Waals surface area contributed by atoms with E-state index in [0.29, 0.717) is 18.5 Å². The highest BCUT2D eigenvalue weighted by Crippen LogP contribution is 2.32. The highest BCUT2D eigenvalue weighted by molar-refractivity contribution is 7.80. The average Bonchev–Trinajstić information content (AvgIpc) is 2.84. The molecule has 9 heteroatoms. The Balaban J connectivity index is 2.37. The van der Waals surface area contributed by atoms with E-state index in [1.807, 2.05) is 44.2 Å². The number of amides is 1. The van der Waals surface area contributed by atoms with Crippen LogP contribution >= 0.6 is 23.8 Å². The van der Waals surface area contributed by atoms with Gasteiger partial charge in [-0.15, -0.1) is 0 Å². The van der Waals surface area contributed by atoms with E-state index in [2.05, 4.69) is 5.32 Å². The summed E-state index contributed by atoms with van der Waals surface area (Å²) in [4.78, 5) is 27.1. The number of rotatable bonds is 8. The van der Waals surface area contributed by atoms with Gasteiger partial charge in [0.25, 0.3) is 0 Å². The Labute approximate surface area is 216 Å². The van der Waals surface area contributed by atoms with Gasteiger partial charge in [-0.25, -0.2) is 4.39 Å². The van der Waals surface area contributed by atoms with Crippen LogP contribution in [0.2, 0.25) is 5.02 Å². The number of aryl methyl sites for hydroxylation is 1. The van der Waals surface area contributed by atoms with Crippen LogP contribution in [-0.4, -0.2) is 36.9 Å². The summed E-state index contributed by atoms with van der Waals surface area (Å²) in [5.41, 5.74) is 0.231. The van der Waals surface area contributed by atoms with E-state index in [1.165, 1.54) is 17.0 Å². The van der Waals surface area contributed by atoms with Crippen LogP contribution in [0.4, 0.5) is 15.8 Å². The van der Waals surface area contributed by atoms with Crippen LogP contribution in [-0.2, 0) is 16.0 Å². The van der Waals surface area contributed by atoms with Crippen LogP contribution < -0.4 is 15.1 Å². The van der Waals surface area contributed by atoms with Gasteiger partial charge in [0.2, 0.25) is 5.91 Å². The van der Waals surface area contributed by atoms with E-state index in [-0.39, 0.29) is 27.3 Å². The van der Waals surface area contributed by atoms with Gasteiger partial charge in [0, 0.05) is 25.2 Å². The average molecular weight is 517 g/mol. The molecule has 186 valence electrons. The number of hydrogen-bond acceptors (Lipinski definition) is 4. The number of thiocarbonyl (C=S) groups is 1. The summed E-state index contributed by atoms with van der Waals surface area (Å²) in [6, 6.07) is 12.2. The maximum atomic E-state index is 14.9. The number of halogens is 2. The lowest BCUT2D eigenvalue weighted by molar-refractivity contribution is -0.129. The third-order valence-electron chi connectivity index (χ3n) is 5.96. The zero-order valence-electron chi connectivity index (χ0n) is 20.8. The van der Waals surface area contributed by atoms with Crippen molar-refractivity contribution < 1.29 is 14.0 Å². The van der Waals surface area contributed by atoms with Gasteiger partial charge in [-0.1, -0.05) is 37.6 Å². The predicted molar refractivity (Wildman–Crippen MR) is 142 cm³/mol. The van der Waals surface area contributed by atoms with Gasteiger partial charge >= 0.3 is 0 Å². The van der Waals surface area contributed by atoms with E-state index in [0.717, 1.165) is 11.8 Å². The van der Waals surface area contributed by atoms with E-state index in [1.54, 1.807) is 32.8 Å². The largest absolute Gasteiger partial charge is 0.359 e. The first-order valence-electron chi connectivity index (χ1n) is 11.0. The molecule has 1 amide bonds. The third-order valence-corrected chi connectivity index (χ3v) is 6.79.